The molecule has 0 saturated carbocycles. The van der Waals surface area contributed by atoms with E-state index in [0.717, 1.165) is 25.5 Å². The van der Waals surface area contributed by atoms with E-state index < -0.39 is 0 Å². The van der Waals surface area contributed by atoms with E-state index in [1.807, 2.05) is 0 Å². The van der Waals surface area contributed by atoms with Crippen molar-refractivity contribution in [2.45, 2.75) is 25.6 Å². The van der Waals surface area contributed by atoms with Crippen LogP contribution in [0.4, 0.5) is 0 Å². The van der Waals surface area contributed by atoms with Gasteiger partial charge >= 0.3 is 0 Å². The second-order valence-corrected chi connectivity index (χ2v) is 3.98. The van der Waals surface area contributed by atoms with Gasteiger partial charge in [0.05, 0.1) is 6.61 Å². The van der Waals surface area contributed by atoms with Gasteiger partial charge < -0.3 is 19.5 Å². The third-order valence-electron chi connectivity index (χ3n) is 2.85. The van der Waals surface area contributed by atoms with E-state index in [0.29, 0.717) is 6.61 Å². The van der Waals surface area contributed by atoms with Crippen LogP contribution >= 0.6 is 0 Å². The molecule has 0 aromatic heterocycles. The zero-order chi connectivity index (χ0) is 10.9. The first kappa shape index (κ1) is 12.9. The van der Waals surface area contributed by atoms with Gasteiger partial charge in [0.2, 0.25) is 0 Å². The lowest BCUT2D eigenvalue weighted by molar-refractivity contribution is -0.141. The molecule has 0 bridgehead atoms. The summed E-state index contributed by atoms with van der Waals surface area (Å²) < 4.78 is 15.6. The van der Waals surface area contributed by atoms with Crippen molar-refractivity contribution in [2.75, 3.05) is 40.5 Å². The maximum absolute atomic E-state index is 5.50. The van der Waals surface area contributed by atoms with Crippen LogP contribution in [0.25, 0.3) is 0 Å². The molecule has 1 rings (SSSR count). The summed E-state index contributed by atoms with van der Waals surface area (Å²) in [5.74, 6) is 0.780. The Bertz CT molecular complexity index is 145. The fourth-order valence-corrected chi connectivity index (χ4v) is 1.83. The Morgan fingerprint density at radius 2 is 2.13 bits per heavy atom. The largest absolute Gasteiger partial charge is 0.376 e. The molecule has 4 nitrogen and oxygen atoms in total. The van der Waals surface area contributed by atoms with Gasteiger partial charge in [0.15, 0.2) is 6.29 Å². The van der Waals surface area contributed by atoms with Crippen LogP contribution in [0.1, 0.15) is 19.3 Å². The van der Waals surface area contributed by atoms with Crippen LogP contribution in [-0.2, 0) is 14.2 Å². The Balaban J connectivity index is 1.95. The van der Waals surface area contributed by atoms with Crippen molar-refractivity contribution >= 4 is 0 Å². The van der Waals surface area contributed by atoms with Gasteiger partial charge in [-0.3, -0.25) is 0 Å². The number of hydrogen-bond donors (Lipinski definition) is 1. The molecule has 1 atom stereocenters. The van der Waals surface area contributed by atoms with E-state index in [2.05, 4.69) is 5.32 Å². The van der Waals surface area contributed by atoms with Crippen molar-refractivity contribution in [3.8, 4) is 0 Å². The van der Waals surface area contributed by atoms with Crippen LogP contribution in [0.5, 0.6) is 0 Å². The second-order valence-electron chi connectivity index (χ2n) is 3.98. The molecule has 4 heteroatoms. The monoisotopic (exact) mass is 217 g/mol. The maximum Gasteiger partial charge on any atom is 0.180 e. The number of ether oxygens (including phenoxy) is 3. The van der Waals surface area contributed by atoms with E-state index in [1.54, 1.807) is 14.2 Å². The molecule has 1 fully saturated rings. The van der Waals surface area contributed by atoms with Crippen molar-refractivity contribution in [1.82, 2.24) is 5.32 Å². The molecule has 90 valence electrons. The summed E-state index contributed by atoms with van der Waals surface area (Å²) in [5.41, 5.74) is 0. The topological polar surface area (TPSA) is 39.7 Å². The van der Waals surface area contributed by atoms with Crippen molar-refractivity contribution in [3.63, 3.8) is 0 Å². The van der Waals surface area contributed by atoms with Crippen LogP contribution < -0.4 is 5.32 Å². The SMILES string of the molecule is COC(COCCC1CCCNC1)OC. The lowest BCUT2D eigenvalue weighted by Gasteiger charge is -2.22. The molecule has 0 radical (unpaired) electrons. The summed E-state index contributed by atoms with van der Waals surface area (Å²) in [6.07, 6.45) is 3.53. The molecule has 1 saturated heterocycles. The molecule has 1 N–H and O–H groups in total. The molecule has 0 aromatic carbocycles. The third-order valence-corrected chi connectivity index (χ3v) is 2.85. The quantitative estimate of drug-likeness (QED) is 0.510. The highest BCUT2D eigenvalue weighted by Crippen LogP contribution is 2.13. The van der Waals surface area contributed by atoms with Crippen LogP contribution in [0.2, 0.25) is 0 Å². The highest BCUT2D eigenvalue weighted by molar-refractivity contribution is 4.68. The summed E-state index contributed by atoms with van der Waals surface area (Å²) in [6.45, 7) is 3.64. The molecule has 1 aliphatic rings. The van der Waals surface area contributed by atoms with Gasteiger partial charge in [-0.25, -0.2) is 0 Å². The van der Waals surface area contributed by atoms with Crippen molar-refractivity contribution < 1.29 is 14.2 Å². The highest BCUT2D eigenvalue weighted by atomic mass is 16.7. The summed E-state index contributed by atoms with van der Waals surface area (Å²) in [5, 5.41) is 3.40. The zero-order valence-electron chi connectivity index (χ0n) is 9.83. The minimum Gasteiger partial charge on any atom is -0.376 e. The fraction of sp³-hybridized carbons (Fsp3) is 1.00. The number of hydrogen-bond acceptors (Lipinski definition) is 4. The minimum atomic E-state index is -0.227. The number of methoxy groups -OCH3 is 2. The van der Waals surface area contributed by atoms with Gasteiger partial charge in [0.25, 0.3) is 0 Å². The Labute approximate surface area is 92.3 Å². The molecule has 1 aliphatic heterocycles. The Morgan fingerprint density at radius 1 is 1.33 bits per heavy atom. The normalized spacial score (nSPS) is 22.2. The Hall–Kier alpha value is -0.160. The molecule has 0 amide bonds. The fourth-order valence-electron chi connectivity index (χ4n) is 1.83. The van der Waals surface area contributed by atoms with Gasteiger partial charge in [-0.1, -0.05) is 0 Å². The average Bonchev–Trinajstić information content (AvgIpc) is 2.31. The van der Waals surface area contributed by atoms with Crippen molar-refractivity contribution in [3.05, 3.63) is 0 Å². The molecule has 1 unspecified atom stereocenters. The first-order valence-electron chi connectivity index (χ1n) is 5.71. The summed E-state index contributed by atoms with van der Waals surface area (Å²) in [7, 11) is 3.26. The average molecular weight is 217 g/mol. The lowest BCUT2D eigenvalue weighted by atomic mass is 9.97. The van der Waals surface area contributed by atoms with Gasteiger partial charge in [0, 0.05) is 20.8 Å². The predicted octanol–water partition coefficient (Wildman–Crippen LogP) is 1.01. The molecule has 0 spiro atoms. The van der Waals surface area contributed by atoms with Crippen LogP contribution in [0.15, 0.2) is 0 Å². The minimum absolute atomic E-state index is 0.227. The Kier molecular flexibility index (Phi) is 6.92. The second kappa shape index (κ2) is 8.05. The van der Waals surface area contributed by atoms with E-state index in [4.69, 9.17) is 14.2 Å². The van der Waals surface area contributed by atoms with Crippen LogP contribution in [-0.4, -0.2) is 46.8 Å². The highest BCUT2D eigenvalue weighted by Gasteiger charge is 2.12. The molecular formula is C11H23NO3. The number of piperidine rings is 1. The van der Waals surface area contributed by atoms with E-state index >= 15 is 0 Å². The van der Waals surface area contributed by atoms with Gasteiger partial charge in [-0.2, -0.15) is 0 Å². The van der Waals surface area contributed by atoms with E-state index in [-0.39, 0.29) is 6.29 Å². The first-order valence-corrected chi connectivity index (χ1v) is 5.71. The van der Waals surface area contributed by atoms with E-state index in [1.165, 1.54) is 19.4 Å². The molecule has 0 aliphatic carbocycles. The number of rotatable bonds is 7. The summed E-state index contributed by atoms with van der Waals surface area (Å²) in [6, 6.07) is 0. The van der Waals surface area contributed by atoms with E-state index in [9.17, 15) is 0 Å². The van der Waals surface area contributed by atoms with Crippen LogP contribution in [0.3, 0.4) is 0 Å². The maximum atomic E-state index is 5.50. The van der Waals surface area contributed by atoms with Gasteiger partial charge in [-0.05, 0) is 38.3 Å². The molecular weight excluding hydrogens is 194 g/mol. The Morgan fingerprint density at radius 3 is 2.73 bits per heavy atom. The standard InChI is InChI=1S/C11H23NO3/c1-13-11(14-2)9-15-7-5-10-4-3-6-12-8-10/h10-12H,3-9H2,1-2H3. The lowest BCUT2D eigenvalue weighted by Crippen LogP contribution is -2.30. The summed E-state index contributed by atoms with van der Waals surface area (Å²) >= 11 is 0. The van der Waals surface area contributed by atoms with Gasteiger partial charge in [0.1, 0.15) is 0 Å². The van der Waals surface area contributed by atoms with Crippen molar-refractivity contribution in [1.29, 1.82) is 0 Å². The zero-order valence-corrected chi connectivity index (χ0v) is 9.83. The predicted molar refractivity (Wildman–Crippen MR) is 58.8 cm³/mol. The molecule has 1 heterocycles. The smallest absolute Gasteiger partial charge is 0.180 e. The first-order chi connectivity index (χ1) is 7.36. The number of nitrogens with one attached hydrogen (secondary N) is 1. The van der Waals surface area contributed by atoms with Gasteiger partial charge in [-0.15, -0.1) is 0 Å². The molecule has 15 heavy (non-hydrogen) atoms. The summed E-state index contributed by atoms with van der Waals surface area (Å²) in [4.78, 5) is 0. The van der Waals surface area contributed by atoms with Crippen molar-refractivity contribution in [2.24, 2.45) is 5.92 Å². The third kappa shape index (κ3) is 5.47. The van der Waals surface area contributed by atoms with Crippen LogP contribution in [0, 0.1) is 5.92 Å². The molecule has 0 aromatic rings.